The lowest BCUT2D eigenvalue weighted by atomic mass is 10.1. The Kier molecular flexibility index (Phi) is 5.30. The van der Waals surface area contributed by atoms with E-state index in [1.165, 1.54) is 42.3 Å². The number of carbonyl (C=O) groups is 1. The molecule has 0 saturated carbocycles. The van der Waals surface area contributed by atoms with Crippen LogP contribution in [0.4, 0.5) is 13.2 Å². The van der Waals surface area contributed by atoms with Crippen molar-refractivity contribution in [1.29, 1.82) is 0 Å². The Bertz CT molecular complexity index is 1080. The van der Waals surface area contributed by atoms with Gasteiger partial charge in [-0.1, -0.05) is 0 Å². The number of aromatic nitrogens is 2. The molecule has 0 radical (unpaired) electrons. The predicted octanol–water partition coefficient (Wildman–Crippen LogP) is 3.48. The fraction of sp³-hybridized carbons (Fsp3) is 0.150. The number of hydrogen-bond acceptors (Lipinski definition) is 3. The van der Waals surface area contributed by atoms with Crippen LogP contribution in [0.5, 0.6) is 0 Å². The fourth-order valence-electron chi connectivity index (χ4n) is 2.69. The molecule has 2 aromatic carbocycles. The highest BCUT2D eigenvalue weighted by atomic mass is 19.1. The van der Waals surface area contributed by atoms with E-state index in [0.29, 0.717) is 0 Å². The van der Waals surface area contributed by atoms with Crippen molar-refractivity contribution in [2.75, 3.05) is 7.05 Å². The molecule has 3 rings (SSSR count). The first-order valence-electron chi connectivity index (χ1n) is 8.36. The summed E-state index contributed by atoms with van der Waals surface area (Å²) < 4.78 is 41.5. The quantitative estimate of drug-likeness (QED) is 0.689. The predicted molar refractivity (Wildman–Crippen MR) is 96.7 cm³/mol. The summed E-state index contributed by atoms with van der Waals surface area (Å²) in [4.78, 5) is 26.0. The Balaban J connectivity index is 1.93. The van der Waals surface area contributed by atoms with E-state index in [4.69, 9.17) is 0 Å². The van der Waals surface area contributed by atoms with Crippen LogP contribution in [-0.2, 0) is 0 Å². The Hall–Kier alpha value is -3.42. The van der Waals surface area contributed by atoms with Gasteiger partial charge < -0.3 is 4.90 Å². The van der Waals surface area contributed by atoms with Gasteiger partial charge in [-0.25, -0.2) is 13.2 Å². The maximum Gasteiger partial charge on any atom is 0.274 e. The van der Waals surface area contributed by atoms with Crippen LogP contribution in [0.3, 0.4) is 0 Å². The van der Waals surface area contributed by atoms with Crippen molar-refractivity contribution in [3.63, 3.8) is 0 Å². The van der Waals surface area contributed by atoms with Crippen LogP contribution in [0.2, 0.25) is 0 Å². The molecular weight excluding hydrogens is 371 g/mol. The van der Waals surface area contributed by atoms with Crippen molar-refractivity contribution in [2.24, 2.45) is 0 Å². The summed E-state index contributed by atoms with van der Waals surface area (Å²) in [6.45, 7) is 1.55. The minimum Gasteiger partial charge on any atom is -0.333 e. The number of benzene rings is 2. The lowest BCUT2D eigenvalue weighted by Crippen LogP contribution is -2.33. The molecule has 0 fully saturated rings. The third-order valence-corrected chi connectivity index (χ3v) is 4.40. The molecule has 1 atom stereocenters. The van der Waals surface area contributed by atoms with E-state index in [2.05, 4.69) is 5.10 Å². The molecule has 1 heterocycles. The summed E-state index contributed by atoms with van der Waals surface area (Å²) in [7, 11) is 1.42. The normalized spacial score (nSPS) is 11.9. The molecule has 3 aromatic rings. The van der Waals surface area contributed by atoms with Gasteiger partial charge in [-0.15, -0.1) is 0 Å². The Morgan fingerprint density at radius 1 is 1.00 bits per heavy atom. The molecule has 0 aliphatic heterocycles. The second kappa shape index (κ2) is 7.67. The summed E-state index contributed by atoms with van der Waals surface area (Å²) in [5.41, 5.74) is -0.277. The molecule has 5 nitrogen and oxygen atoms in total. The fourth-order valence-corrected chi connectivity index (χ4v) is 2.69. The highest BCUT2D eigenvalue weighted by molar-refractivity contribution is 5.92. The lowest BCUT2D eigenvalue weighted by Gasteiger charge is -2.25. The first-order chi connectivity index (χ1) is 13.3. The topological polar surface area (TPSA) is 55.2 Å². The van der Waals surface area contributed by atoms with Crippen molar-refractivity contribution in [2.45, 2.75) is 13.0 Å². The van der Waals surface area contributed by atoms with E-state index in [-0.39, 0.29) is 16.9 Å². The lowest BCUT2D eigenvalue weighted by molar-refractivity contribution is 0.0732. The summed E-state index contributed by atoms with van der Waals surface area (Å²) >= 11 is 0. The van der Waals surface area contributed by atoms with Crippen LogP contribution in [0.25, 0.3) is 5.69 Å². The number of rotatable bonds is 4. The van der Waals surface area contributed by atoms with Gasteiger partial charge in [-0.3, -0.25) is 9.59 Å². The number of carbonyl (C=O) groups excluding carboxylic acids is 1. The maximum absolute atomic E-state index is 14.0. The van der Waals surface area contributed by atoms with Crippen LogP contribution >= 0.6 is 0 Å². The van der Waals surface area contributed by atoms with Crippen LogP contribution in [0, 0.1) is 17.5 Å². The molecule has 8 heteroatoms. The molecule has 1 aromatic heterocycles. The molecule has 144 valence electrons. The maximum atomic E-state index is 14.0. The van der Waals surface area contributed by atoms with Gasteiger partial charge in [0.2, 0.25) is 0 Å². The van der Waals surface area contributed by atoms with Gasteiger partial charge in [0.1, 0.15) is 23.1 Å². The van der Waals surface area contributed by atoms with Gasteiger partial charge >= 0.3 is 0 Å². The highest BCUT2D eigenvalue weighted by Crippen LogP contribution is 2.24. The number of nitrogens with zero attached hydrogens (tertiary/aromatic N) is 3. The summed E-state index contributed by atoms with van der Waals surface area (Å²) in [5.74, 6) is -2.33. The Morgan fingerprint density at radius 2 is 1.64 bits per heavy atom. The van der Waals surface area contributed by atoms with Crippen molar-refractivity contribution < 1.29 is 18.0 Å². The smallest absolute Gasteiger partial charge is 0.274 e. The Labute approximate surface area is 158 Å². The van der Waals surface area contributed by atoms with E-state index in [0.717, 1.165) is 28.9 Å². The third-order valence-electron chi connectivity index (χ3n) is 4.40. The number of amides is 1. The van der Waals surface area contributed by atoms with Crippen LogP contribution in [0.1, 0.15) is 29.0 Å². The zero-order valence-electron chi connectivity index (χ0n) is 15.1. The van der Waals surface area contributed by atoms with Gasteiger partial charge in [-0.2, -0.15) is 9.78 Å². The number of halogens is 3. The molecule has 1 amide bonds. The van der Waals surface area contributed by atoms with Crippen molar-refractivity contribution in [3.8, 4) is 5.69 Å². The van der Waals surface area contributed by atoms with E-state index >= 15 is 0 Å². The zero-order chi connectivity index (χ0) is 20.4. The molecule has 0 aliphatic rings. The highest BCUT2D eigenvalue weighted by Gasteiger charge is 2.23. The second-order valence-corrected chi connectivity index (χ2v) is 6.20. The first-order valence-corrected chi connectivity index (χ1v) is 8.36. The van der Waals surface area contributed by atoms with Crippen molar-refractivity contribution in [3.05, 3.63) is 93.7 Å². The van der Waals surface area contributed by atoms with E-state index in [9.17, 15) is 22.8 Å². The molecule has 0 saturated heterocycles. The van der Waals surface area contributed by atoms with Gasteiger partial charge in [0.15, 0.2) is 0 Å². The van der Waals surface area contributed by atoms with Gasteiger partial charge in [0.05, 0.1) is 11.7 Å². The molecule has 0 aliphatic carbocycles. The van der Waals surface area contributed by atoms with Crippen LogP contribution < -0.4 is 5.56 Å². The standard InChI is InChI=1S/C20H16F3N3O2/c1-12(16-11-14(22)5-8-17(16)23)25(2)20(28)18-9-10-19(27)26(24-18)15-6-3-13(21)4-7-15/h3-12H,1-2H3. The summed E-state index contributed by atoms with van der Waals surface area (Å²) in [6.07, 6.45) is 0. The Morgan fingerprint density at radius 3 is 2.32 bits per heavy atom. The monoisotopic (exact) mass is 387 g/mol. The molecule has 0 spiro atoms. The first kappa shape index (κ1) is 19.3. The van der Waals surface area contributed by atoms with E-state index in [1.54, 1.807) is 6.92 Å². The van der Waals surface area contributed by atoms with E-state index in [1.807, 2.05) is 0 Å². The minimum absolute atomic E-state index is 0.0164. The average Bonchev–Trinajstić information content (AvgIpc) is 2.69. The summed E-state index contributed by atoms with van der Waals surface area (Å²) in [6, 6.07) is 9.67. The largest absolute Gasteiger partial charge is 0.333 e. The second-order valence-electron chi connectivity index (χ2n) is 6.20. The SMILES string of the molecule is CC(c1cc(F)ccc1F)N(C)C(=O)c1ccc(=O)n(-c2ccc(F)cc2)n1. The molecule has 1 unspecified atom stereocenters. The van der Waals surface area contributed by atoms with Gasteiger partial charge in [0, 0.05) is 18.7 Å². The van der Waals surface area contributed by atoms with Crippen LogP contribution in [-0.4, -0.2) is 27.6 Å². The van der Waals surface area contributed by atoms with Gasteiger partial charge in [0.25, 0.3) is 11.5 Å². The summed E-state index contributed by atoms with van der Waals surface area (Å²) in [5, 5.41) is 4.03. The third kappa shape index (κ3) is 3.80. The molecular formula is C20H16F3N3O2. The molecule has 0 bridgehead atoms. The molecule has 28 heavy (non-hydrogen) atoms. The average molecular weight is 387 g/mol. The van der Waals surface area contributed by atoms with Crippen molar-refractivity contribution >= 4 is 5.91 Å². The van der Waals surface area contributed by atoms with Crippen LogP contribution in [0.15, 0.2) is 59.4 Å². The number of hydrogen-bond donors (Lipinski definition) is 0. The zero-order valence-corrected chi connectivity index (χ0v) is 15.1. The van der Waals surface area contributed by atoms with E-state index < -0.39 is 35.0 Å². The van der Waals surface area contributed by atoms with Crippen molar-refractivity contribution in [1.82, 2.24) is 14.7 Å². The van der Waals surface area contributed by atoms with Gasteiger partial charge in [-0.05, 0) is 55.5 Å². The molecule has 0 N–H and O–H groups in total. The minimum atomic E-state index is -0.781.